The molecule has 0 aliphatic heterocycles. The van der Waals surface area contributed by atoms with Gasteiger partial charge >= 0.3 is 0 Å². The molecule has 0 aromatic carbocycles. The number of carbonyl (C=O) groups is 2. The fourth-order valence-corrected chi connectivity index (χ4v) is 0.174. The maximum atomic E-state index is 10.0. The van der Waals surface area contributed by atoms with E-state index in [1.54, 1.807) is 6.92 Å². The van der Waals surface area contributed by atoms with Crippen molar-refractivity contribution >= 4 is 11.7 Å². The Labute approximate surface area is 41.5 Å². The van der Waals surface area contributed by atoms with E-state index in [9.17, 15) is 9.59 Å². The predicted octanol–water partition coefficient (Wildman–Crippen LogP) is -0.549. The fourth-order valence-electron chi connectivity index (χ4n) is 0.174. The largest absolute Gasteiger partial charge is 0.363 e. The molecule has 2 N–H and O–H groups in total. The molecule has 0 fully saturated rings. The molecule has 7 heavy (non-hydrogen) atoms. The molecule has 0 rings (SSSR count). The van der Waals surface area contributed by atoms with Gasteiger partial charge in [0.25, 0.3) is 5.91 Å². The molecule has 0 unspecified atom stereocenters. The number of carbonyl (C=O) groups excluding carboxylic acids is 2. The molecule has 0 aliphatic rings. The van der Waals surface area contributed by atoms with Crippen molar-refractivity contribution in [3.8, 4) is 0 Å². The Bertz CT molecular complexity index is 97.9. The molecular weight excluding hydrogens is 94.0 g/mol. The highest BCUT2D eigenvalue weighted by atomic mass is 16.2. The molecule has 0 radical (unpaired) electrons. The first-order valence-electron chi connectivity index (χ1n) is 2.01. The van der Waals surface area contributed by atoms with Gasteiger partial charge < -0.3 is 5.73 Å². The van der Waals surface area contributed by atoms with E-state index in [4.69, 9.17) is 0 Å². The van der Waals surface area contributed by atoms with Gasteiger partial charge in [0.05, 0.1) is 0 Å². The van der Waals surface area contributed by atoms with Crippen molar-refractivity contribution in [2.45, 2.75) is 13.3 Å². The van der Waals surface area contributed by atoms with Crippen LogP contribution in [0.15, 0.2) is 0 Å². The normalized spacial score (nSPS) is 8.14. The van der Waals surface area contributed by atoms with E-state index < -0.39 is 11.7 Å². The summed E-state index contributed by atoms with van der Waals surface area (Å²) in [4.78, 5) is 19.8. The quantitative estimate of drug-likeness (QED) is 0.474. The Morgan fingerprint density at radius 3 is 2.00 bits per heavy atom. The van der Waals surface area contributed by atoms with E-state index in [1.165, 1.54) is 0 Å². The molecule has 0 aliphatic carbocycles. The lowest BCUT2D eigenvalue weighted by Gasteiger charge is -1.82. The smallest absolute Gasteiger partial charge is 0.284 e. The average Bonchev–Trinajstić information content (AvgIpc) is 1.65. The van der Waals surface area contributed by atoms with E-state index in [1.807, 2.05) is 0 Å². The van der Waals surface area contributed by atoms with Crippen molar-refractivity contribution in [1.82, 2.24) is 0 Å². The van der Waals surface area contributed by atoms with Gasteiger partial charge in [0.15, 0.2) is 0 Å². The first kappa shape index (κ1) is 6.14. The van der Waals surface area contributed by atoms with Crippen LogP contribution in [0.1, 0.15) is 13.3 Å². The first-order chi connectivity index (χ1) is 3.18. The van der Waals surface area contributed by atoms with Crippen LogP contribution in [0.25, 0.3) is 0 Å². The summed E-state index contributed by atoms with van der Waals surface area (Å²) < 4.78 is 0. The molecule has 3 heteroatoms. The molecule has 40 valence electrons. The zero-order valence-electron chi connectivity index (χ0n) is 4.10. The van der Waals surface area contributed by atoms with Crippen molar-refractivity contribution in [3.05, 3.63) is 0 Å². The molecule has 3 nitrogen and oxygen atoms in total. The maximum Gasteiger partial charge on any atom is 0.284 e. The minimum atomic E-state index is -0.845. The van der Waals surface area contributed by atoms with Crippen LogP contribution in [0.3, 0.4) is 0 Å². The van der Waals surface area contributed by atoms with Crippen molar-refractivity contribution in [3.63, 3.8) is 0 Å². The Hall–Kier alpha value is -0.860. The lowest BCUT2D eigenvalue weighted by Crippen LogP contribution is -2.21. The van der Waals surface area contributed by atoms with E-state index in [-0.39, 0.29) is 6.42 Å². The maximum absolute atomic E-state index is 10.0. The lowest BCUT2D eigenvalue weighted by atomic mass is 10.3. The standard InChI is InChI=1S/C4H7NO2/c1-2-3(6)4(5)7/h2H2,1H3,(H2,5,7). The van der Waals surface area contributed by atoms with Gasteiger partial charge in [-0.25, -0.2) is 0 Å². The monoisotopic (exact) mass is 101 g/mol. The molecule has 1 amide bonds. The third-order valence-electron chi connectivity index (χ3n) is 0.596. The molecule has 0 saturated carbocycles. The molecule has 0 aromatic heterocycles. The van der Waals surface area contributed by atoms with Gasteiger partial charge in [-0.3, -0.25) is 9.59 Å². The van der Waals surface area contributed by atoms with Crippen molar-refractivity contribution in [2.24, 2.45) is 5.73 Å². The number of amides is 1. The number of ketones is 1. The van der Waals surface area contributed by atoms with Gasteiger partial charge in [0.2, 0.25) is 5.78 Å². The van der Waals surface area contributed by atoms with Gasteiger partial charge in [0.1, 0.15) is 0 Å². The van der Waals surface area contributed by atoms with E-state index in [2.05, 4.69) is 5.73 Å². The third-order valence-corrected chi connectivity index (χ3v) is 0.596. The van der Waals surface area contributed by atoms with Crippen LogP contribution in [0, 0.1) is 0 Å². The topological polar surface area (TPSA) is 60.2 Å². The molecule has 0 heterocycles. The third kappa shape index (κ3) is 1.92. The van der Waals surface area contributed by atoms with Gasteiger partial charge in [-0.1, -0.05) is 6.92 Å². The zero-order valence-corrected chi connectivity index (χ0v) is 4.10. The van der Waals surface area contributed by atoms with Crippen molar-refractivity contribution < 1.29 is 9.59 Å². The van der Waals surface area contributed by atoms with E-state index >= 15 is 0 Å². The van der Waals surface area contributed by atoms with E-state index in [0.29, 0.717) is 0 Å². The second kappa shape index (κ2) is 2.34. The summed E-state index contributed by atoms with van der Waals surface area (Å²) in [6.07, 6.45) is 0.204. The average molecular weight is 101 g/mol. The van der Waals surface area contributed by atoms with Gasteiger partial charge in [-0.2, -0.15) is 0 Å². The van der Waals surface area contributed by atoms with Crippen molar-refractivity contribution in [1.29, 1.82) is 0 Å². The Kier molecular flexibility index (Phi) is 2.05. The molecule has 0 bridgehead atoms. The van der Waals surface area contributed by atoms with Crippen LogP contribution >= 0.6 is 0 Å². The highest BCUT2D eigenvalue weighted by Crippen LogP contribution is 1.74. The minimum Gasteiger partial charge on any atom is -0.363 e. The Morgan fingerprint density at radius 1 is 1.57 bits per heavy atom. The van der Waals surface area contributed by atoms with Crippen LogP contribution in [0.4, 0.5) is 0 Å². The van der Waals surface area contributed by atoms with Crippen LogP contribution < -0.4 is 5.73 Å². The van der Waals surface area contributed by atoms with Gasteiger partial charge in [-0.15, -0.1) is 0 Å². The van der Waals surface area contributed by atoms with Crippen LogP contribution in [0.2, 0.25) is 0 Å². The lowest BCUT2D eigenvalue weighted by molar-refractivity contribution is -0.135. The second-order valence-corrected chi connectivity index (χ2v) is 1.14. The zero-order chi connectivity index (χ0) is 5.86. The second-order valence-electron chi connectivity index (χ2n) is 1.14. The summed E-state index contributed by atoms with van der Waals surface area (Å²) in [5, 5.41) is 0. The summed E-state index contributed by atoms with van der Waals surface area (Å²) in [6, 6.07) is 0. The summed E-state index contributed by atoms with van der Waals surface area (Å²) in [7, 11) is 0. The van der Waals surface area contributed by atoms with Crippen LogP contribution in [-0.4, -0.2) is 11.7 Å². The summed E-state index contributed by atoms with van der Waals surface area (Å²) >= 11 is 0. The number of hydrogen-bond acceptors (Lipinski definition) is 2. The molecule has 0 saturated heterocycles. The SMILES string of the molecule is CCC(=O)C(N)=O. The highest BCUT2D eigenvalue weighted by Gasteiger charge is 2.02. The number of rotatable bonds is 2. The number of nitrogens with two attached hydrogens (primary N) is 1. The van der Waals surface area contributed by atoms with Crippen LogP contribution in [0.5, 0.6) is 0 Å². The van der Waals surface area contributed by atoms with Gasteiger partial charge in [-0.05, 0) is 0 Å². The minimum absolute atomic E-state index is 0.204. The fraction of sp³-hybridized carbons (Fsp3) is 0.500. The molecule has 0 spiro atoms. The first-order valence-corrected chi connectivity index (χ1v) is 2.01. The number of Topliss-reactive ketones (excluding diaryl/α,β-unsaturated/α-hetero) is 1. The molecular formula is C4H7NO2. The molecule has 0 aromatic rings. The summed E-state index contributed by atoms with van der Waals surface area (Å²) in [6.45, 7) is 1.59. The van der Waals surface area contributed by atoms with E-state index in [0.717, 1.165) is 0 Å². The summed E-state index contributed by atoms with van der Waals surface area (Å²) in [5.74, 6) is -1.36. The summed E-state index contributed by atoms with van der Waals surface area (Å²) in [5.41, 5.74) is 4.56. The van der Waals surface area contributed by atoms with Gasteiger partial charge in [0, 0.05) is 6.42 Å². The van der Waals surface area contributed by atoms with Crippen LogP contribution in [-0.2, 0) is 9.59 Å². The number of primary amides is 1. The predicted molar refractivity (Wildman–Crippen MR) is 24.5 cm³/mol. The Morgan fingerprint density at radius 2 is 2.00 bits per heavy atom. The highest BCUT2D eigenvalue weighted by molar-refractivity contribution is 6.35. The molecule has 0 atom stereocenters. The van der Waals surface area contributed by atoms with Crippen molar-refractivity contribution in [2.75, 3.05) is 0 Å². The number of hydrogen-bond donors (Lipinski definition) is 1. The Balaban J connectivity index is 3.58.